The average molecular weight is 638 g/mol. The van der Waals surface area contributed by atoms with Gasteiger partial charge in [0.25, 0.3) is 0 Å². The van der Waals surface area contributed by atoms with Crippen molar-refractivity contribution in [2.75, 3.05) is 37.7 Å². The number of piperidine rings is 1. The van der Waals surface area contributed by atoms with E-state index in [0.29, 0.717) is 40.3 Å². The molecule has 6 heterocycles. The van der Waals surface area contributed by atoms with Gasteiger partial charge < -0.3 is 9.64 Å². The molecule has 2 bridgehead atoms. The number of rotatable bonds is 6. The third kappa shape index (κ3) is 4.65. The summed E-state index contributed by atoms with van der Waals surface area (Å²) >= 11 is 6.65. The van der Waals surface area contributed by atoms with Crippen LogP contribution in [0.4, 0.5) is 10.2 Å². The molecule has 4 aliphatic rings. The first kappa shape index (κ1) is 28.4. The highest BCUT2D eigenvalue weighted by Crippen LogP contribution is 2.46. The first-order chi connectivity index (χ1) is 22.4. The Hall–Kier alpha value is -3.82. The van der Waals surface area contributed by atoms with Gasteiger partial charge in [0.2, 0.25) is 0 Å². The highest BCUT2D eigenvalue weighted by Gasteiger charge is 2.49. The summed E-state index contributed by atoms with van der Waals surface area (Å²) in [5.74, 6) is 1.93. The number of halogens is 2. The molecule has 46 heavy (non-hydrogen) atoms. The Morgan fingerprint density at radius 2 is 1.87 bits per heavy atom. The maximum Gasteiger partial charge on any atom is 0.319 e. The lowest BCUT2D eigenvalue weighted by molar-refractivity contribution is 0.107. The summed E-state index contributed by atoms with van der Waals surface area (Å²) in [6, 6.07) is 11.7. The number of hydrogen-bond donors (Lipinski definition) is 0. The second kappa shape index (κ2) is 10.9. The highest BCUT2D eigenvalue weighted by molar-refractivity contribution is 6.36. The third-order valence-corrected chi connectivity index (χ3v) is 11.4. The van der Waals surface area contributed by atoms with E-state index in [1.54, 1.807) is 6.20 Å². The first-order valence-corrected chi connectivity index (χ1v) is 17.0. The van der Waals surface area contributed by atoms with E-state index in [1.807, 2.05) is 54.3 Å². The summed E-state index contributed by atoms with van der Waals surface area (Å²) in [6.45, 7) is 4.34. The molecule has 0 spiro atoms. The fourth-order valence-electron chi connectivity index (χ4n) is 8.98. The van der Waals surface area contributed by atoms with E-state index < -0.39 is 5.82 Å². The molecular weight excluding hydrogens is 601 g/mol. The van der Waals surface area contributed by atoms with Crippen molar-refractivity contribution in [2.45, 2.75) is 50.0 Å². The van der Waals surface area contributed by atoms with Crippen LogP contribution in [-0.2, 0) is 7.05 Å². The van der Waals surface area contributed by atoms with Gasteiger partial charge in [-0.1, -0.05) is 41.9 Å². The molecule has 0 N–H and O–H groups in total. The Morgan fingerprint density at radius 1 is 1.04 bits per heavy atom. The van der Waals surface area contributed by atoms with Gasteiger partial charge in [0, 0.05) is 61.0 Å². The Morgan fingerprint density at radius 3 is 2.67 bits per heavy atom. The minimum atomic E-state index is -0.475. The summed E-state index contributed by atoms with van der Waals surface area (Å²) < 4.78 is 25.3. The van der Waals surface area contributed by atoms with E-state index in [-0.39, 0.29) is 22.8 Å². The summed E-state index contributed by atoms with van der Waals surface area (Å²) in [7, 11) is 1.97. The molecule has 5 aromatic rings. The van der Waals surface area contributed by atoms with E-state index in [9.17, 15) is 0 Å². The molecule has 3 unspecified atom stereocenters. The van der Waals surface area contributed by atoms with Crippen LogP contribution in [0, 0.1) is 17.7 Å². The molecule has 3 saturated heterocycles. The Balaban J connectivity index is 1.12. The zero-order valence-electron chi connectivity index (χ0n) is 26.0. The van der Waals surface area contributed by atoms with Gasteiger partial charge in [-0.2, -0.15) is 15.1 Å². The second-order valence-electron chi connectivity index (χ2n) is 14.0. The van der Waals surface area contributed by atoms with Crippen molar-refractivity contribution < 1.29 is 9.13 Å². The topological polar surface area (TPSA) is 72.2 Å². The summed E-state index contributed by atoms with van der Waals surface area (Å²) in [6.07, 6.45) is 12.8. The Labute approximate surface area is 272 Å². The number of benzene rings is 2. The van der Waals surface area contributed by atoms with Crippen LogP contribution < -0.4 is 9.64 Å². The van der Waals surface area contributed by atoms with Gasteiger partial charge in [0.1, 0.15) is 23.6 Å². The number of nitrogens with zero attached hydrogens (tertiary/aromatic N) is 7. The fraction of sp³-hybridized carbons (Fsp3) is 0.444. The molecule has 0 radical (unpaired) electrons. The van der Waals surface area contributed by atoms with Crippen LogP contribution in [0.3, 0.4) is 0 Å². The van der Waals surface area contributed by atoms with Crippen LogP contribution in [0.2, 0.25) is 5.02 Å². The van der Waals surface area contributed by atoms with Crippen molar-refractivity contribution in [2.24, 2.45) is 18.9 Å². The molecular formula is C36H37ClFN7O. The molecule has 236 valence electrons. The molecule has 0 amide bonds. The van der Waals surface area contributed by atoms with Crippen LogP contribution in [0.1, 0.15) is 50.0 Å². The maximum atomic E-state index is 16.8. The van der Waals surface area contributed by atoms with E-state index in [2.05, 4.69) is 21.1 Å². The standard InChI is InChI=1S/C36H37ClFN7O/c1-43-19-26(15-40-43)25-14-36(11-4-12-45(36)20-25)21-46-35-41-33-28(34(42-35)44-17-22-9-10-23(13-22)18-44)16-39-32(31(33)38)27-7-2-5-24-6-3-8-29(37)30(24)27/h2-3,5-8,15-16,19,22-23,25H,4,9-14,17-18,20-21H2,1H3/t22?,23?,25-,36?/m1/s1. The second-order valence-corrected chi connectivity index (χ2v) is 14.4. The molecule has 10 heteroatoms. The molecule has 4 fully saturated rings. The monoisotopic (exact) mass is 637 g/mol. The van der Waals surface area contributed by atoms with Gasteiger partial charge in [-0.3, -0.25) is 14.6 Å². The predicted octanol–water partition coefficient (Wildman–Crippen LogP) is 7.01. The third-order valence-electron chi connectivity index (χ3n) is 11.1. The molecule has 1 aliphatic carbocycles. The van der Waals surface area contributed by atoms with E-state index in [0.717, 1.165) is 62.0 Å². The van der Waals surface area contributed by atoms with Crippen LogP contribution >= 0.6 is 11.6 Å². The van der Waals surface area contributed by atoms with Crippen LogP contribution in [-0.4, -0.2) is 68.0 Å². The van der Waals surface area contributed by atoms with Crippen molar-refractivity contribution >= 4 is 39.1 Å². The fourth-order valence-corrected chi connectivity index (χ4v) is 9.27. The molecule has 1 saturated carbocycles. The number of hydrogen-bond acceptors (Lipinski definition) is 7. The van der Waals surface area contributed by atoms with E-state index in [1.165, 1.54) is 24.8 Å². The van der Waals surface area contributed by atoms with Crippen molar-refractivity contribution in [3.8, 4) is 17.3 Å². The first-order valence-electron chi connectivity index (χ1n) is 16.6. The number of ether oxygens (including phenoxy) is 1. The molecule has 3 aromatic heterocycles. The normalized spacial score (nSPS) is 26.0. The molecule has 8 nitrogen and oxygen atoms in total. The number of aryl methyl sites for hydroxylation is 1. The van der Waals surface area contributed by atoms with Gasteiger partial charge in [0.15, 0.2) is 5.82 Å². The summed E-state index contributed by atoms with van der Waals surface area (Å²) in [5.41, 5.74) is 2.30. The summed E-state index contributed by atoms with van der Waals surface area (Å²) in [4.78, 5) is 19.4. The van der Waals surface area contributed by atoms with Crippen molar-refractivity contribution in [3.05, 3.63) is 71.4 Å². The van der Waals surface area contributed by atoms with Gasteiger partial charge in [0.05, 0.1) is 17.1 Å². The van der Waals surface area contributed by atoms with Crippen LogP contribution in [0.5, 0.6) is 6.01 Å². The number of aromatic nitrogens is 5. The van der Waals surface area contributed by atoms with Crippen molar-refractivity contribution in [3.63, 3.8) is 0 Å². The van der Waals surface area contributed by atoms with Gasteiger partial charge >= 0.3 is 6.01 Å². The minimum Gasteiger partial charge on any atom is -0.461 e. The highest BCUT2D eigenvalue weighted by atomic mass is 35.5. The number of anilines is 1. The van der Waals surface area contributed by atoms with Gasteiger partial charge in [-0.05, 0) is 73.9 Å². The SMILES string of the molecule is Cn1cc([C@H]2CN3CCCC3(COc3nc(N4CC5CCC(C5)C4)c4cnc(-c5cccc6cccc(Cl)c56)c(F)c4n3)C2)cn1. The van der Waals surface area contributed by atoms with Gasteiger partial charge in [-0.15, -0.1) is 0 Å². The van der Waals surface area contributed by atoms with Crippen LogP contribution in [0.25, 0.3) is 32.9 Å². The molecule has 4 atom stereocenters. The largest absolute Gasteiger partial charge is 0.461 e. The average Bonchev–Trinajstić information content (AvgIpc) is 3.83. The number of fused-ring (bicyclic) bond motifs is 5. The number of pyridine rings is 1. The molecule has 9 rings (SSSR count). The zero-order chi connectivity index (χ0) is 31.0. The minimum absolute atomic E-state index is 0.0924. The van der Waals surface area contributed by atoms with Gasteiger partial charge in [-0.25, -0.2) is 4.39 Å². The van der Waals surface area contributed by atoms with E-state index in [4.69, 9.17) is 31.3 Å². The van der Waals surface area contributed by atoms with E-state index >= 15 is 4.39 Å². The lowest BCUT2D eigenvalue weighted by Crippen LogP contribution is -2.43. The maximum absolute atomic E-state index is 16.8. The smallest absolute Gasteiger partial charge is 0.319 e. The quantitative estimate of drug-likeness (QED) is 0.198. The lowest BCUT2D eigenvalue weighted by Gasteiger charge is -2.34. The van der Waals surface area contributed by atoms with Crippen molar-refractivity contribution in [1.29, 1.82) is 0 Å². The summed E-state index contributed by atoms with van der Waals surface area (Å²) in [5, 5.41) is 7.32. The predicted molar refractivity (Wildman–Crippen MR) is 178 cm³/mol. The molecule has 3 aliphatic heterocycles. The molecule has 2 aromatic carbocycles. The van der Waals surface area contributed by atoms with Crippen LogP contribution in [0.15, 0.2) is 55.0 Å². The zero-order valence-corrected chi connectivity index (χ0v) is 26.8. The Bertz CT molecular complexity index is 1960. The lowest BCUT2D eigenvalue weighted by atomic mass is 9.88. The Kier molecular flexibility index (Phi) is 6.72. The van der Waals surface area contributed by atoms with Crippen molar-refractivity contribution in [1.82, 2.24) is 29.6 Å².